The number of pyridine rings is 1. The Balaban J connectivity index is 2.39. The summed E-state index contributed by atoms with van der Waals surface area (Å²) in [6.45, 7) is 0. The predicted molar refractivity (Wildman–Crippen MR) is 81.6 cm³/mol. The van der Waals surface area contributed by atoms with Crippen LogP contribution in [0.3, 0.4) is 0 Å². The second-order valence-electron chi connectivity index (χ2n) is 4.96. The van der Waals surface area contributed by atoms with Gasteiger partial charge in [0, 0.05) is 15.7 Å². The van der Waals surface area contributed by atoms with E-state index in [0.717, 1.165) is 52.5 Å². The van der Waals surface area contributed by atoms with Gasteiger partial charge in [0.2, 0.25) is 0 Å². The number of hydrogen-bond acceptors (Lipinski definition) is 2. The van der Waals surface area contributed by atoms with Crippen molar-refractivity contribution < 1.29 is 0 Å². The second-order valence-corrected chi connectivity index (χ2v) is 5.81. The van der Waals surface area contributed by atoms with E-state index in [4.69, 9.17) is 0 Å². The number of rotatable bonds is 1. The Labute approximate surface area is 125 Å². The van der Waals surface area contributed by atoms with Crippen LogP contribution in [0.25, 0.3) is 11.1 Å². The van der Waals surface area contributed by atoms with Gasteiger partial charge in [-0.15, -0.1) is 0 Å². The Morgan fingerprint density at radius 1 is 1.20 bits per heavy atom. The number of aromatic amines is 1. The van der Waals surface area contributed by atoms with Crippen molar-refractivity contribution in [3.8, 4) is 17.2 Å². The monoisotopic (exact) mass is 328 g/mol. The number of hydrogen-bond donors (Lipinski definition) is 1. The first kappa shape index (κ1) is 13.1. The molecule has 0 unspecified atom stereocenters. The fraction of sp³-hybridized carbons (Fsp3) is 0.250. The molecule has 0 spiro atoms. The highest BCUT2D eigenvalue weighted by atomic mass is 79.9. The number of H-pyrrole nitrogens is 1. The molecule has 1 aromatic heterocycles. The molecular formula is C16H13BrN2O. The smallest absolute Gasteiger partial charge is 0.266 e. The summed E-state index contributed by atoms with van der Waals surface area (Å²) in [6, 6.07) is 9.82. The molecule has 1 heterocycles. The first-order valence-corrected chi connectivity index (χ1v) is 7.44. The van der Waals surface area contributed by atoms with Crippen LogP contribution in [0.2, 0.25) is 0 Å². The van der Waals surface area contributed by atoms with Crippen molar-refractivity contribution in [2.75, 3.05) is 0 Å². The van der Waals surface area contributed by atoms with E-state index < -0.39 is 0 Å². The summed E-state index contributed by atoms with van der Waals surface area (Å²) in [4.78, 5) is 15.0. The summed E-state index contributed by atoms with van der Waals surface area (Å²) < 4.78 is 0.912. The van der Waals surface area contributed by atoms with Crippen molar-refractivity contribution in [1.29, 1.82) is 5.26 Å². The van der Waals surface area contributed by atoms with E-state index in [9.17, 15) is 10.1 Å². The topological polar surface area (TPSA) is 56.6 Å². The average molecular weight is 329 g/mol. The maximum atomic E-state index is 12.1. The van der Waals surface area contributed by atoms with Crippen LogP contribution in [0, 0.1) is 11.3 Å². The number of aryl methyl sites for hydroxylation is 1. The molecule has 0 amide bonds. The maximum Gasteiger partial charge on any atom is 0.266 e. The molecule has 0 atom stereocenters. The standard InChI is InChI=1S/C16H13BrN2O/c17-13-7-3-1-5-10(13)15-11-6-2-4-8-14(11)19-16(20)12(15)9-18/h1,3,5,7H,2,4,6,8H2,(H,19,20). The number of nitriles is 1. The molecule has 4 heteroatoms. The van der Waals surface area contributed by atoms with Gasteiger partial charge in [0.05, 0.1) is 0 Å². The van der Waals surface area contributed by atoms with Crippen LogP contribution >= 0.6 is 15.9 Å². The molecule has 0 saturated heterocycles. The zero-order chi connectivity index (χ0) is 14.1. The zero-order valence-corrected chi connectivity index (χ0v) is 12.5. The molecule has 0 fully saturated rings. The molecule has 1 aromatic carbocycles. The minimum Gasteiger partial charge on any atom is -0.325 e. The van der Waals surface area contributed by atoms with Crippen molar-refractivity contribution in [2.45, 2.75) is 25.7 Å². The molecule has 100 valence electrons. The van der Waals surface area contributed by atoms with Gasteiger partial charge in [0.1, 0.15) is 11.6 Å². The summed E-state index contributed by atoms with van der Waals surface area (Å²) in [6.07, 6.45) is 3.98. The third-order valence-electron chi connectivity index (χ3n) is 3.77. The SMILES string of the molecule is N#Cc1c(-c2ccccc2Br)c2c([nH]c1=O)CCCC2. The molecule has 3 rings (SSSR count). The minimum absolute atomic E-state index is 0.220. The van der Waals surface area contributed by atoms with Gasteiger partial charge in [-0.05, 0) is 42.9 Å². The highest BCUT2D eigenvalue weighted by Crippen LogP contribution is 2.35. The van der Waals surface area contributed by atoms with E-state index in [2.05, 4.69) is 27.0 Å². The van der Waals surface area contributed by atoms with Gasteiger partial charge in [-0.2, -0.15) is 5.26 Å². The van der Waals surface area contributed by atoms with Gasteiger partial charge < -0.3 is 4.98 Å². The number of benzene rings is 1. The first-order chi connectivity index (χ1) is 9.72. The number of nitrogens with one attached hydrogen (secondary N) is 1. The molecule has 20 heavy (non-hydrogen) atoms. The van der Waals surface area contributed by atoms with Gasteiger partial charge in [0.15, 0.2) is 0 Å². The van der Waals surface area contributed by atoms with Crippen LogP contribution in [-0.4, -0.2) is 4.98 Å². The largest absolute Gasteiger partial charge is 0.325 e. The highest BCUT2D eigenvalue weighted by Gasteiger charge is 2.22. The average Bonchev–Trinajstić information content (AvgIpc) is 2.46. The Morgan fingerprint density at radius 3 is 2.70 bits per heavy atom. The summed E-state index contributed by atoms with van der Waals surface area (Å²) in [5, 5.41) is 9.37. The van der Waals surface area contributed by atoms with Crippen LogP contribution in [0.5, 0.6) is 0 Å². The Kier molecular flexibility index (Phi) is 3.45. The van der Waals surface area contributed by atoms with Crippen molar-refractivity contribution in [2.24, 2.45) is 0 Å². The van der Waals surface area contributed by atoms with Gasteiger partial charge in [-0.25, -0.2) is 0 Å². The van der Waals surface area contributed by atoms with E-state index in [0.29, 0.717) is 0 Å². The highest BCUT2D eigenvalue weighted by molar-refractivity contribution is 9.10. The van der Waals surface area contributed by atoms with E-state index in [1.807, 2.05) is 24.3 Å². The van der Waals surface area contributed by atoms with E-state index in [1.54, 1.807) is 0 Å². The van der Waals surface area contributed by atoms with Crippen molar-refractivity contribution >= 4 is 15.9 Å². The summed E-state index contributed by atoms with van der Waals surface area (Å²) in [7, 11) is 0. The van der Waals surface area contributed by atoms with Crippen LogP contribution in [-0.2, 0) is 12.8 Å². The molecule has 1 aliphatic rings. The first-order valence-electron chi connectivity index (χ1n) is 6.65. The van der Waals surface area contributed by atoms with Crippen molar-refractivity contribution in [3.63, 3.8) is 0 Å². The number of nitrogens with zero attached hydrogens (tertiary/aromatic N) is 1. The second kappa shape index (κ2) is 5.26. The van der Waals surface area contributed by atoms with Crippen LogP contribution in [0.15, 0.2) is 33.5 Å². The quantitative estimate of drug-likeness (QED) is 0.870. The van der Waals surface area contributed by atoms with Gasteiger partial charge in [-0.1, -0.05) is 34.1 Å². The van der Waals surface area contributed by atoms with Crippen LogP contribution in [0.4, 0.5) is 0 Å². The zero-order valence-electron chi connectivity index (χ0n) is 10.9. The van der Waals surface area contributed by atoms with Crippen molar-refractivity contribution in [1.82, 2.24) is 4.98 Å². The van der Waals surface area contributed by atoms with E-state index in [1.165, 1.54) is 0 Å². The Hall–Kier alpha value is -1.86. The molecule has 3 nitrogen and oxygen atoms in total. The van der Waals surface area contributed by atoms with Crippen molar-refractivity contribution in [3.05, 3.63) is 55.9 Å². The Bertz CT molecular complexity index is 771. The molecule has 1 aliphatic carbocycles. The maximum absolute atomic E-state index is 12.1. The lowest BCUT2D eigenvalue weighted by Gasteiger charge is -2.20. The molecule has 0 radical (unpaired) electrons. The van der Waals surface area contributed by atoms with Crippen LogP contribution in [0.1, 0.15) is 29.7 Å². The van der Waals surface area contributed by atoms with E-state index >= 15 is 0 Å². The summed E-state index contributed by atoms with van der Waals surface area (Å²) >= 11 is 3.53. The fourth-order valence-electron chi connectivity index (χ4n) is 2.85. The number of halogens is 1. The van der Waals surface area contributed by atoms with Crippen LogP contribution < -0.4 is 5.56 Å². The summed E-state index contributed by atoms with van der Waals surface area (Å²) in [5.74, 6) is 0. The normalized spacial score (nSPS) is 13.6. The third kappa shape index (κ3) is 2.08. The lowest BCUT2D eigenvalue weighted by molar-refractivity contribution is 0.666. The fourth-order valence-corrected chi connectivity index (χ4v) is 3.33. The summed E-state index contributed by atoms with van der Waals surface area (Å²) in [5.41, 5.74) is 3.79. The predicted octanol–water partition coefficient (Wildman–Crippen LogP) is 3.55. The van der Waals surface area contributed by atoms with Gasteiger partial charge in [0.25, 0.3) is 5.56 Å². The lowest BCUT2D eigenvalue weighted by Crippen LogP contribution is -2.20. The molecule has 0 bridgehead atoms. The molecule has 2 aromatic rings. The van der Waals surface area contributed by atoms with Gasteiger partial charge in [-0.3, -0.25) is 4.79 Å². The molecule has 0 saturated carbocycles. The molecular weight excluding hydrogens is 316 g/mol. The number of aromatic nitrogens is 1. The lowest BCUT2D eigenvalue weighted by atomic mass is 9.87. The molecule has 0 aliphatic heterocycles. The van der Waals surface area contributed by atoms with Gasteiger partial charge >= 0.3 is 0 Å². The number of fused-ring (bicyclic) bond motifs is 1. The minimum atomic E-state index is -0.279. The van der Waals surface area contributed by atoms with E-state index in [-0.39, 0.29) is 11.1 Å². The third-order valence-corrected chi connectivity index (χ3v) is 4.46. The Morgan fingerprint density at radius 2 is 1.95 bits per heavy atom. The molecule has 1 N–H and O–H groups in total.